The maximum atomic E-state index is 5.77. The lowest BCUT2D eigenvalue weighted by Gasteiger charge is -2.09. The Balaban J connectivity index is 1.68. The highest BCUT2D eigenvalue weighted by Crippen LogP contribution is 2.35. The minimum atomic E-state index is 0.258. The van der Waals surface area contributed by atoms with Gasteiger partial charge in [0.1, 0.15) is 24.7 Å². The number of fused-ring (bicyclic) bond motifs is 1. The van der Waals surface area contributed by atoms with Crippen molar-refractivity contribution in [2.75, 3.05) is 20.8 Å². The predicted molar refractivity (Wildman–Crippen MR) is 78.9 cm³/mol. The quantitative estimate of drug-likeness (QED) is 0.914. The second-order valence-electron chi connectivity index (χ2n) is 4.81. The number of pyridine rings is 1. The van der Waals surface area contributed by atoms with Crippen molar-refractivity contribution in [3.63, 3.8) is 0 Å². The zero-order valence-corrected chi connectivity index (χ0v) is 12.1. The van der Waals surface area contributed by atoms with Crippen molar-refractivity contribution >= 4 is 0 Å². The first-order valence-corrected chi connectivity index (χ1v) is 6.87. The molecule has 2 aromatic rings. The van der Waals surface area contributed by atoms with E-state index in [1.165, 1.54) is 5.56 Å². The van der Waals surface area contributed by atoms with E-state index in [9.17, 15) is 0 Å². The summed E-state index contributed by atoms with van der Waals surface area (Å²) in [4.78, 5) is 4.32. The Hall–Kier alpha value is -2.27. The van der Waals surface area contributed by atoms with Crippen LogP contribution in [-0.2, 0) is 6.61 Å². The molecule has 0 spiro atoms. The van der Waals surface area contributed by atoms with E-state index in [0.717, 1.165) is 17.2 Å². The summed E-state index contributed by atoms with van der Waals surface area (Å²) >= 11 is 0. The Kier molecular flexibility index (Phi) is 3.92. The first-order chi connectivity index (χ1) is 10.3. The van der Waals surface area contributed by atoms with Gasteiger partial charge < -0.3 is 19.5 Å². The summed E-state index contributed by atoms with van der Waals surface area (Å²) in [7, 11) is 3.53. The second kappa shape index (κ2) is 6.01. The fourth-order valence-electron chi connectivity index (χ4n) is 2.33. The molecule has 1 atom stereocenters. The van der Waals surface area contributed by atoms with Gasteiger partial charge in [0.2, 0.25) is 5.88 Å². The van der Waals surface area contributed by atoms with Crippen LogP contribution in [0.4, 0.5) is 0 Å². The van der Waals surface area contributed by atoms with Crippen molar-refractivity contribution in [1.82, 2.24) is 10.3 Å². The second-order valence-corrected chi connectivity index (χ2v) is 4.81. The molecule has 0 radical (unpaired) electrons. The van der Waals surface area contributed by atoms with Crippen molar-refractivity contribution in [2.45, 2.75) is 12.6 Å². The van der Waals surface area contributed by atoms with Gasteiger partial charge in [0.15, 0.2) is 0 Å². The lowest BCUT2D eigenvalue weighted by molar-refractivity contribution is 0.292. The molecule has 21 heavy (non-hydrogen) atoms. The Bertz CT molecular complexity index is 631. The molecule has 0 amide bonds. The summed E-state index contributed by atoms with van der Waals surface area (Å²) in [6, 6.07) is 11.8. The van der Waals surface area contributed by atoms with E-state index in [1.54, 1.807) is 7.11 Å². The Labute approximate surface area is 123 Å². The van der Waals surface area contributed by atoms with E-state index in [1.807, 2.05) is 43.4 Å². The molecule has 5 nitrogen and oxygen atoms in total. The third kappa shape index (κ3) is 2.92. The van der Waals surface area contributed by atoms with E-state index in [2.05, 4.69) is 10.3 Å². The predicted octanol–water partition coefficient (Wildman–Crippen LogP) is 2.32. The van der Waals surface area contributed by atoms with Gasteiger partial charge in [-0.1, -0.05) is 6.07 Å². The average molecular weight is 286 g/mol. The maximum Gasteiger partial charge on any atom is 0.213 e. The number of aromatic nitrogens is 1. The zero-order valence-electron chi connectivity index (χ0n) is 12.1. The number of methoxy groups -OCH3 is 1. The van der Waals surface area contributed by atoms with Gasteiger partial charge in [0, 0.05) is 17.7 Å². The lowest BCUT2D eigenvalue weighted by Crippen LogP contribution is -2.17. The van der Waals surface area contributed by atoms with Gasteiger partial charge in [-0.05, 0) is 25.2 Å². The number of benzene rings is 1. The van der Waals surface area contributed by atoms with Crippen LogP contribution in [0.5, 0.6) is 17.4 Å². The molecule has 1 aromatic carbocycles. The Morgan fingerprint density at radius 1 is 1.33 bits per heavy atom. The highest BCUT2D eigenvalue weighted by atomic mass is 16.5. The number of likely N-dealkylation sites (N-methyl/N-ethyl adjacent to an activating group) is 1. The van der Waals surface area contributed by atoms with Gasteiger partial charge in [-0.3, -0.25) is 0 Å². The molecule has 0 bridgehead atoms. The van der Waals surface area contributed by atoms with E-state index < -0.39 is 0 Å². The van der Waals surface area contributed by atoms with Crippen LogP contribution in [0.15, 0.2) is 36.4 Å². The van der Waals surface area contributed by atoms with Gasteiger partial charge in [-0.2, -0.15) is 0 Å². The first-order valence-electron chi connectivity index (χ1n) is 6.87. The molecular formula is C16H18N2O3. The number of nitrogens with zero attached hydrogens (tertiary/aromatic N) is 1. The summed E-state index contributed by atoms with van der Waals surface area (Å²) < 4.78 is 16.5. The summed E-state index contributed by atoms with van der Waals surface area (Å²) in [6.07, 6.45) is 0. The van der Waals surface area contributed by atoms with E-state index in [0.29, 0.717) is 19.1 Å². The molecule has 2 heterocycles. The summed E-state index contributed by atoms with van der Waals surface area (Å²) in [5, 5.41) is 3.22. The van der Waals surface area contributed by atoms with Gasteiger partial charge in [0.25, 0.3) is 0 Å². The molecular weight excluding hydrogens is 268 g/mol. The Morgan fingerprint density at radius 3 is 3.05 bits per heavy atom. The monoisotopic (exact) mass is 286 g/mol. The van der Waals surface area contributed by atoms with Crippen LogP contribution >= 0.6 is 0 Å². The summed E-state index contributed by atoms with van der Waals surface area (Å²) in [6.45, 7) is 1.05. The van der Waals surface area contributed by atoms with Gasteiger partial charge in [0.05, 0.1) is 18.8 Å². The molecule has 0 saturated heterocycles. The average Bonchev–Trinajstić information content (AvgIpc) is 2.95. The van der Waals surface area contributed by atoms with Gasteiger partial charge >= 0.3 is 0 Å². The number of ether oxygens (including phenoxy) is 3. The SMILES string of the molecule is CNC1COc2cc(OCc3cccc(OC)n3)ccc21. The van der Waals surface area contributed by atoms with Crippen molar-refractivity contribution < 1.29 is 14.2 Å². The van der Waals surface area contributed by atoms with Crippen LogP contribution in [0.25, 0.3) is 0 Å². The fraction of sp³-hybridized carbons (Fsp3) is 0.312. The van der Waals surface area contributed by atoms with Crippen molar-refractivity contribution in [3.8, 4) is 17.4 Å². The number of nitrogens with one attached hydrogen (secondary N) is 1. The standard InChI is InChI=1S/C16H18N2O3/c1-17-14-10-21-15-8-12(6-7-13(14)15)20-9-11-4-3-5-16(18-11)19-2/h3-8,14,17H,9-10H2,1-2H3. The summed E-state index contributed by atoms with van der Waals surface area (Å²) in [5.74, 6) is 2.24. The molecule has 1 aromatic heterocycles. The normalized spacial score (nSPS) is 16.2. The molecule has 0 saturated carbocycles. The van der Waals surface area contributed by atoms with E-state index >= 15 is 0 Å². The molecule has 5 heteroatoms. The van der Waals surface area contributed by atoms with Crippen molar-refractivity contribution in [3.05, 3.63) is 47.7 Å². The lowest BCUT2D eigenvalue weighted by atomic mass is 10.1. The smallest absolute Gasteiger partial charge is 0.213 e. The minimum Gasteiger partial charge on any atom is -0.491 e. The van der Waals surface area contributed by atoms with E-state index in [4.69, 9.17) is 14.2 Å². The van der Waals surface area contributed by atoms with Crippen LogP contribution in [-0.4, -0.2) is 25.7 Å². The Morgan fingerprint density at radius 2 is 2.24 bits per heavy atom. The molecule has 0 fully saturated rings. The number of hydrogen-bond acceptors (Lipinski definition) is 5. The van der Waals surface area contributed by atoms with Crippen molar-refractivity contribution in [2.24, 2.45) is 0 Å². The third-order valence-corrected chi connectivity index (χ3v) is 3.49. The highest BCUT2D eigenvalue weighted by molar-refractivity contribution is 5.45. The topological polar surface area (TPSA) is 52.6 Å². The van der Waals surface area contributed by atoms with Crippen molar-refractivity contribution in [1.29, 1.82) is 0 Å². The van der Waals surface area contributed by atoms with Crippen LogP contribution in [0.1, 0.15) is 17.3 Å². The third-order valence-electron chi connectivity index (χ3n) is 3.49. The molecule has 3 rings (SSSR count). The molecule has 1 aliphatic heterocycles. The van der Waals surface area contributed by atoms with Crippen LogP contribution in [0, 0.1) is 0 Å². The largest absolute Gasteiger partial charge is 0.491 e. The fourth-order valence-corrected chi connectivity index (χ4v) is 2.33. The maximum absolute atomic E-state index is 5.77. The zero-order chi connectivity index (χ0) is 14.7. The molecule has 1 N–H and O–H groups in total. The van der Waals surface area contributed by atoms with Crippen LogP contribution in [0.3, 0.4) is 0 Å². The first kappa shape index (κ1) is 13.7. The molecule has 110 valence electrons. The van der Waals surface area contributed by atoms with Crippen LogP contribution < -0.4 is 19.5 Å². The highest BCUT2D eigenvalue weighted by Gasteiger charge is 2.22. The number of hydrogen-bond donors (Lipinski definition) is 1. The molecule has 0 aliphatic carbocycles. The van der Waals surface area contributed by atoms with Gasteiger partial charge in [-0.15, -0.1) is 0 Å². The van der Waals surface area contributed by atoms with Gasteiger partial charge in [-0.25, -0.2) is 4.98 Å². The van der Waals surface area contributed by atoms with E-state index in [-0.39, 0.29) is 6.04 Å². The number of rotatable bonds is 5. The molecule has 1 aliphatic rings. The van der Waals surface area contributed by atoms with Crippen LogP contribution in [0.2, 0.25) is 0 Å². The minimum absolute atomic E-state index is 0.258. The summed E-state index contributed by atoms with van der Waals surface area (Å²) in [5.41, 5.74) is 1.99. The molecule has 1 unspecified atom stereocenters.